The van der Waals surface area contributed by atoms with Gasteiger partial charge in [-0.2, -0.15) is 0 Å². The van der Waals surface area contributed by atoms with Crippen LogP contribution in [0.1, 0.15) is 16.1 Å². The lowest BCUT2D eigenvalue weighted by Crippen LogP contribution is -2.20. The average Bonchev–Trinajstić information content (AvgIpc) is 2.93. The van der Waals surface area contributed by atoms with Crippen LogP contribution in [0.3, 0.4) is 0 Å². The van der Waals surface area contributed by atoms with Crippen molar-refractivity contribution < 1.29 is 19.2 Å². The number of aryl methyl sites for hydroxylation is 1. The summed E-state index contributed by atoms with van der Waals surface area (Å²) in [6, 6.07) is 8.37. The number of amides is 1. The maximum Gasteiger partial charge on any atom is 0.258 e. The largest absolute Gasteiger partial charge is 0.486 e. The molecule has 110 valence electrons. The molecule has 0 atom stereocenters. The van der Waals surface area contributed by atoms with E-state index in [1.54, 1.807) is 37.3 Å². The molecule has 1 heterocycles. The molecule has 7 heteroatoms. The Balaban J connectivity index is 1.94. The number of benzene rings is 1. The van der Waals surface area contributed by atoms with Crippen LogP contribution in [0.15, 0.2) is 46.2 Å². The summed E-state index contributed by atoms with van der Waals surface area (Å²) in [6.07, 6.45) is 1.40. The van der Waals surface area contributed by atoms with E-state index in [1.807, 2.05) is 0 Å². The standard InChI is InChI=1S/C14H15N3O4/c1-9-6-10(7-20-9)14(18)16-11-2-4-12(5-3-11)21-8-13(15)17-19/h2-7,19H,8H2,1H3,(H2,15,17)(H,16,18). The third kappa shape index (κ3) is 4.00. The molecule has 1 aromatic heterocycles. The lowest BCUT2D eigenvalue weighted by Gasteiger charge is -2.07. The van der Waals surface area contributed by atoms with Crippen LogP contribution >= 0.6 is 0 Å². The number of hydrogen-bond donors (Lipinski definition) is 3. The molecule has 0 aliphatic heterocycles. The van der Waals surface area contributed by atoms with Gasteiger partial charge >= 0.3 is 0 Å². The van der Waals surface area contributed by atoms with Gasteiger partial charge < -0.3 is 25.4 Å². The first-order valence-electron chi connectivity index (χ1n) is 6.14. The summed E-state index contributed by atoms with van der Waals surface area (Å²) in [7, 11) is 0. The molecule has 0 aliphatic rings. The van der Waals surface area contributed by atoms with Crippen LogP contribution in [0.2, 0.25) is 0 Å². The van der Waals surface area contributed by atoms with Crippen molar-refractivity contribution in [2.45, 2.75) is 6.92 Å². The first-order chi connectivity index (χ1) is 10.1. The van der Waals surface area contributed by atoms with Gasteiger partial charge in [0.2, 0.25) is 0 Å². The number of furan rings is 1. The van der Waals surface area contributed by atoms with E-state index in [0.29, 0.717) is 22.8 Å². The third-order valence-electron chi connectivity index (χ3n) is 2.62. The Labute approximate surface area is 121 Å². The van der Waals surface area contributed by atoms with Crippen LogP contribution < -0.4 is 15.8 Å². The Bertz CT molecular complexity index is 646. The fourth-order valence-electron chi connectivity index (χ4n) is 1.59. The zero-order chi connectivity index (χ0) is 15.2. The predicted molar refractivity (Wildman–Crippen MR) is 76.7 cm³/mol. The SMILES string of the molecule is Cc1cc(C(=O)Nc2ccc(OC/C(N)=N/O)cc2)co1. The van der Waals surface area contributed by atoms with Gasteiger partial charge in [0, 0.05) is 5.69 Å². The molecule has 2 rings (SSSR count). The molecular weight excluding hydrogens is 274 g/mol. The summed E-state index contributed by atoms with van der Waals surface area (Å²) in [5.74, 6) is 0.936. The number of amidine groups is 1. The minimum Gasteiger partial charge on any atom is -0.486 e. The molecule has 0 unspecified atom stereocenters. The molecule has 0 aliphatic carbocycles. The molecule has 2 aromatic rings. The number of nitrogens with two attached hydrogens (primary N) is 1. The van der Waals surface area contributed by atoms with E-state index in [-0.39, 0.29) is 18.3 Å². The van der Waals surface area contributed by atoms with E-state index in [1.165, 1.54) is 6.26 Å². The number of ether oxygens (including phenoxy) is 1. The highest BCUT2D eigenvalue weighted by atomic mass is 16.5. The topological polar surface area (TPSA) is 110 Å². The van der Waals surface area contributed by atoms with Crippen molar-refractivity contribution >= 4 is 17.4 Å². The van der Waals surface area contributed by atoms with E-state index >= 15 is 0 Å². The summed E-state index contributed by atoms with van der Waals surface area (Å²) in [5.41, 5.74) is 6.37. The van der Waals surface area contributed by atoms with Crippen LogP contribution in [-0.2, 0) is 0 Å². The molecule has 1 amide bonds. The smallest absolute Gasteiger partial charge is 0.258 e. The van der Waals surface area contributed by atoms with Crippen molar-refractivity contribution in [3.05, 3.63) is 47.9 Å². The van der Waals surface area contributed by atoms with Crippen molar-refractivity contribution in [3.63, 3.8) is 0 Å². The van der Waals surface area contributed by atoms with Crippen LogP contribution in [0.5, 0.6) is 5.75 Å². The lowest BCUT2D eigenvalue weighted by molar-refractivity contribution is 0.102. The lowest BCUT2D eigenvalue weighted by atomic mass is 10.2. The van der Waals surface area contributed by atoms with E-state index in [2.05, 4.69) is 10.5 Å². The van der Waals surface area contributed by atoms with E-state index in [0.717, 1.165) is 0 Å². The van der Waals surface area contributed by atoms with Gasteiger partial charge in [0.1, 0.15) is 24.4 Å². The molecule has 1 aromatic carbocycles. The molecule has 7 nitrogen and oxygen atoms in total. The zero-order valence-corrected chi connectivity index (χ0v) is 11.4. The Kier molecular flexibility index (Phi) is 4.45. The molecule has 21 heavy (non-hydrogen) atoms. The minimum absolute atomic E-state index is 0.0174. The summed E-state index contributed by atoms with van der Waals surface area (Å²) in [4.78, 5) is 11.9. The fraction of sp³-hybridized carbons (Fsp3) is 0.143. The molecule has 0 fully saturated rings. The van der Waals surface area contributed by atoms with Crippen LogP contribution in [0.25, 0.3) is 0 Å². The summed E-state index contributed by atoms with van der Waals surface area (Å²) in [6.45, 7) is 1.75. The summed E-state index contributed by atoms with van der Waals surface area (Å²) < 4.78 is 10.3. The maximum atomic E-state index is 11.9. The monoisotopic (exact) mass is 289 g/mol. The van der Waals surface area contributed by atoms with Gasteiger partial charge in [-0.25, -0.2) is 0 Å². The van der Waals surface area contributed by atoms with Gasteiger partial charge in [0.25, 0.3) is 5.91 Å². The second-order valence-electron chi connectivity index (χ2n) is 4.30. The number of nitrogens with zero attached hydrogens (tertiary/aromatic N) is 1. The Morgan fingerprint density at radius 3 is 2.71 bits per heavy atom. The van der Waals surface area contributed by atoms with Gasteiger partial charge in [0.15, 0.2) is 5.84 Å². The quantitative estimate of drug-likeness (QED) is 0.337. The van der Waals surface area contributed by atoms with Crippen molar-refractivity contribution in [1.82, 2.24) is 0 Å². The van der Waals surface area contributed by atoms with Gasteiger partial charge in [-0.15, -0.1) is 0 Å². The normalized spacial score (nSPS) is 11.2. The Morgan fingerprint density at radius 2 is 2.14 bits per heavy atom. The fourth-order valence-corrected chi connectivity index (χ4v) is 1.59. The van der Waals surface area contributed by atoms with E-state index < -0.39 is 0 Å². The number of oxime groups is 1. The molecule has 0 bridgehead atoms. The van der Waals surface area contributed by atoms with Crippen LogP contribution in [0, 0.1) is 6.92 Å². The Hall–Kier alpha value is -2.96. The third-order valence-corrected chi connectivity index (χ3v) is 2.62. The van der Waals surface area contributed by atoms with Gasteiger partial charge in [0.05, 0.1) is 5.56 Å². The molecule has 0 saturated carbocycles. The van der Waals surface area contributed by atoms with E-state index in [4.69, 9.17) is 20.1 Å². The second kappa shape index (κ2) is 6.47. The molecule has 0 saturated heterocycles. The number of rotatable bonds is 5. The van der Waals surface area contributed by atoms with Crippen molar-refractivity contribution in [3.8, 4) is 5.75 Å². The van der Waals surface area contributed by atoms with Crippen molar-refractivity contribution in [2.75, 3.05) is 11.9 Å². The molecular formula is C14H15N3O4. The van der Waals surface area contributed by atoms with Gasteiger partial charge in [-0.1, -0.05) is 5.16 Å². The highest BCUT2D eigenvalue weighted by Crippen LogP contribution is 2.17. The first-order valence-corrected chi connectivity index (χ1v) is 6.14. The second-order valence-corrected chi connectivity index (χ2v) is 4.30. The van der Waals surface area contributed by atoms with E-state index in [9.17, 15) is 4.79 Å². The number of carbonyl (C=O) groups is 1. The minimum atomic E-state index is -0.253. The van der Waals surface area contributed by atoms with Crippen LogP contribution in [-0.4, -0.2) is 23.6 Å². The highest BCUT2D eigenvalue weighted by Gasteiger charge is 2.08. The van der Waals surface area contributed by atoms with Crippen molar-refractivity contribution in [2.24, 2.45) is 10.9 Å². The zero-order valence-electron chi connectivity index (χ0n) is 11.4. The van der Waals surface area contributed by atoms with Gasteiger partial charge in [-0.05, 0) is 37.3 Å². The Morgan fingerprint density at radius 1 is 1.43 bits per heavy atom. The highest BCUT2D eigenvalue weighted by molar-refractivity contribution is 6.04. The maximum absolute atomic E-state index is 11.9. The van der Waals surface area contributed by atoms with Gasteiger partial charge in [-0.3, -0.25) is 4.79 Å². The summed E-state index contributed by atoms with van der Waals surface area (Å²) >= 11 is 0. The molecule has 4 N–H and O–H groups in total. The number of carbonyl (C=O) groups excluding carboxylic acids is 1. The van der Waals surface area contributed by atoms with Crippen molar-refractivity contribution in [1.29, 1.82) is 0 Å². The number of anilines is 1. The first kappa shape index (κ1) is 14.4. The molecule has 0 spiro atoms. The molecule has 0 radical (unpaired) electrons. The predicted octanol–water partition coefficient (Wildman–Crippen LogP) is 1.97. The van der Waals surface area contributed by atoms with Crippen LogP contribution in [0.4, 0.5) is 5.69 Å². The number of hydrogen-bond acceptors (Lipinski definition) is 5. The summed E-state index contributed by atoms with van der Waals surface area (Å²) in [5, 5.41) is 13.9. The average molecular weight is 289 g/mol. The number of nitrogens with one attached hydrogen (secondary N) is 1.